The maximum absolute atomic E-state index is 10.9. The van der Waals surface area contributed by atoms with Crippen LogP contribution in [0.3, 0.4) is 0 Å². The van der Waals surface area contributed by atoms with Gasteiger partial charge in [0.25, 0.3) is 0 Å². The number of furan rings is 1. The Labute approximate surface area is 115 Å². The molecule has 4 heteroatoms. The number of carbonyl (C=O) groups is 1. The Hall–Kier alpha value is -2.75. The second kappa shape index (κ2) is 4.74. The van der Waals surface area contributed by atoms with Gasteiger partial charge < -0.3 is 14.9 Å². The highest BCUT2D eigenvalue weighted by Gasteiger charge is 2.09. The Kier molecular flexibility index (Phi) is 2.91. The van der Waals surface area contributed by atoms with E-state index in [1.54, 1.807) is 12.1 Å². The number of rotatable bonds is 2. The summed E-state index contributed by atoms with van der Waals surface area (Å²) in [6, 6.07) is 14.9. The highest BCUT2D eigenvalue weighted by atomic mass is 16.5. The summed E-state index contributed by atoms with van der Waals surface area (Å²) >= 11 is 0. The predicted molar refractivity (Wildman–Crippen MR) is 77.4 cm³/mol. The SMILES string of the molecule is CC(=O)Oc1ccc(-c2cc3ccccc3o2)cc1N. The summed E-state index contributed by atoms with van der Waals surface area (Å²) < 4.78 is 10.8. The van der Waals surface area contributed by atoms with Gasteiger partial charge in [-0.05, 0) is 30.3 Å². The minimum absolute atomic E-state index is 0.359. The summed E-state index contributed by atoms with van der Waals surface area (Å²) in [7, 11) is 0. The first-order valence-electron chi connectivity index (χ1n) is 6.20. The summed E-state index contributed by atoms with van der Waals surface area (Å²) in [6.07, 6.45) is 0. The lowest BCUT2D eigenvalue weighted by molar-refractivity contribution is -0.131. The van der Waals surface area contributed by atoms with Crippen molar-refractivity contribution in [3.63, 3.8) is 0 Å². The quantitative estimate of drug-likeness (QED) is 0.437. The van der Waals surface area contributed by atoms with Gasteiger partial charge in [0.05, 0.1) is 5.69 Å². The van der Waals surface area contributed by atoms with Crippen LogP contribution in [0.2, 0.25) is 0 Å². The van der Waals surface area contributed by atoms with Gasteiger partial charge in [-0.15, -0.1) is 0 Å². The third-order valence-electron chi connectivity index (χ3n) is 2.97. The molecular weight excluding hydrogens is 254 g/mol. The fraction of sp³-hybridized carbons (Fsp3) is 0.0625. The summed E-state index contributed by atoms with van der Waals surface area (Å²) in [5, 5.41) is 1.03. The molecule has 0 bridgehead atoms. The van der Waals surface area contributed by atoms with Crippen molar-refractivity contribution < 1.29 is 13.9 Å². The molecule has 100 valence electrons. The molecule has 0 spiro atoms. The predicted octanol–water partition coefficient (Wildman–Crippen LogP) is 3.61. The zero-order valence-electron chi connectivity index (χ0n) is 10.9. The number of fused-ring (bicyclic) bond motifs is 1. The number of carbonyl (C=O) groups excluding carboxylic acids is 1. The number of para-hydroxylation sites is 1. The number of hydrogen-bond donors (Lipinski definition) is 1. The first kappa shape index (κ1) is 12.3. The first-order chi connectivity index (χ1) is 9.63. The highest BCUT2D eigenvalue weighted by molar-refractivity contribution is 5.83. The summed E-state index contributed by atoms with van der Waals surface area (Å²) in [5.41, 5.74) is 7.95. The monoisotopic (exact) mass is 267 g/mol. The summed E-state index contributed by atoms with van der Waals surface area (Å²) in [6.45, 7) is 1.34. The Balaban J connectivity index is 2.01. The Bertz CT molecular complexity index is 756. The standard InChI is InChI=1S/C16H13NO3/c1-10(18)19-15-7-6-12(8-13(15)17)16-9-11-4-2-3-5-14(11)20-16/h2-9H,17H2,1H3. The highest BCUT2D eigenvalue weighted by Crippen LogP contribution is 2.32. The molecule has 1 aromatic heterocycles. The van der Waals surface area contributed by atoms with Crippen LogP contribution in [0.1, 0.15) is 6.92 Å². The van der Waals surface area contributed by atoms with Gasteiger partial charge >= 0.3 is 5.97 Å². The maximum atomic E-state index is 10.9. The molecule has 1 heterocycles. The molecule has 0 atom stereocenters. The van der Waals surface area contributed by atoms with E-state index in [4.69, 9.17) is 14.9 Å². The number of nitrogen functional groups attached to an aromatic ring is 1. The van der Waals surface area contributed by atoms with Crippen LogP contribution in [0.4, 0.5) is 5.69 Å². The molecule has 2 aromatic carbocycles. The number of esters is 1. The van der Waals surface area contributed by atoms with Crippen molar-refractivity contribution in [2.24, 2.45) is 0 Å². The van der Waals surface area contributed by atoms with Gasteiger partial charge in [-0.25, -0.2) is 0 Å². The molecule has 3 rings (SSSR count). The first-order valence-corrected chi connectivity index (χ1v) is 6.20. The van der Waals surface area contributed by atoms with Gasteiger partial charge in [-0.1, -0.05) is 18.2 Å². The normalized spacial score (nSPS) is 10.7. The zero-order chi connectivity index (χ0) is 14.1. The van der Waals surface area contributed by atoms with Crippen molar-refractivity contribution in [2.75, 3.05) is 5.73 Å². The summed E-state index contributed by atoms with van der Waals surface area (Å²) in [5.74, 6) is 0.692. The van der Waals surface area contributed by atoms with Crippen molar-refractivity contribution in [2.45, 2.75) is 6.92 Å². The molecule has 0 saturated carbocycles. The van der Waals surface area contributed by atoms with Crippen LogP contribution in [-0.2, 0) is 4.79 Å². The van der Waals surface area contributed by atoms with Crippen molar-refractivity contribution in [3.8, 4) is 17.1 Å². The molecule has 2 N–H and O–H groups in total. The van der Waals surface area contributed by atoms with Crippen molar-refractivity contribution in [3.05, 3.63) is 48.5 Å². The Morgan fingerprint density at radius 3 is 2.65 bits per heavy atom. The number of anilines is 1. The smallest absolute Gasteiger partial charge is 0.308 e. The second-order valence-corrected chi connectivity index (χ2v) is 4.49. The summed E-state index contributed by atoms with van der Waals surface area (Å²) in [4.78, 5) is 10.9. The van der Waals surface area contributed by atoms with E-state index in [0.29, 0.717) is 11.4 Å². The number of benzene rings is 2. The van der Waals surface area contributed by atoms with Crippen LogP contribution in [0.25, 0.3) is 22.3 Å². The van der Waals surface area contributed by atoms with E-state index in [9.17, 15) is 4.79 Å². The largest absolute Gasteiger partial charge is 0.456 e. The molecule has 3 aromatic rings. The van der Waals surface area contributed by atoms with E-state index >= 15 is 0 Å². The number of ether oxygens (including phenoxy) is 1. The van der Waals surface area contributed by atoms with Crippen molar-refractivity contribution >= 4 is 22.6 Å². The van der Waals surface area contributed by atoms with Crippen molar-refractivity contribution in [1.82, 2.24) is 0 Å². The lowest BCUT2D eigenvalue weighted by Crippen LogP contribution is -2.03. The molecule has 0 amide bonds. The maximum Gasteiger partial charge on any atom is 0.308 e. The van der Waals surface area contributed by atoms with Crippen LogP contribution in [0.15, 0.2) is 52.9 Å². The molecule has 0 radical (unpaired) electrons. The Morgan fingerprint density at radius 2 is 1.95 bits per heavy atom. The second-order valence-electron chi connectivity index (χ2n) is 4.49. The molecule has 0 aliphatic heterocycles. The molecule has 4 nitrogen and oxygen atoms in total. The average molecular weight is 267 g/mol. The lowest BCUT2D eigenvalue weighted by atomic mass is 10.1. The van der Waals surface area contributed by atoms with Gasteiger partial charge in [-0.2, -0.15) is 0 Å². The minimum atomic E-state index is -0.395. The van der Waals surface area contributed by atoms with E-state index in [0.717, 1.165) is 22.3 Å². The van der Waals surface area contributed by atoms with Crippen molar-refractivity contribution in [1.29, 1.82) is 0 Å². The van der Waals surface area contributed by atoms with Crippen LogP contribution in [0.5, 0.6) is 5.75 Å². The molecule has 0 aliphatic carbocycles. The molecule has 0 fully saturated rings. The van der Waals surface area contributed by atoms with Crippen LogP contribution in [0, 0.1) is 0 Å². The topological polar surface area (TPSA) is 65.5 Å². The van der Waals surface area contributed by atoms with E-state index in [1.807, 2.05) is 36.4 Å². The molecule has 0 saturated heterocycles. The third kappa shape index (κ3) is 2.23. The fourth-order valence-corrected chi connectivity index (χ4v) is 2.07. The molecule has 0 unspecified atom stereocenters. The minimum Gasteiger partial charge on any atom is -0.456 e. The van der Waals surface area contributed by atoms with Crippen LogP contribution in [-0.4, -0.2) is 5.97 Å². The zero-order valence-corrected chi connectivity index (χ0v) is 10.9. The van der Waals surface area contributed by atoms with Crippen LogP contribution < -0.4 is 10.5 Å². The van der Waals surface area contributed by atoms with E-state index < -0.39 is 5.97 Å². The van der Waals surface area contributed by atoms with Gasteiger partial charge in [0.2, 0.25) is 0 Å². The molecular formula is C16H13NO3. The van der Waals surface area contributed by atoms with Crippen LogP contribution >= 0.6 is 0 Å². The number of nitrogens with two attached hydrogens (primary N) is 1. The van der Waals surface area contributed by atoms with Gasteiger partial charge in [0.1, 0.15) is 11.3 Å². The Morgan fingerprint density at radius 1 is 1.15 bits per heavy atom. The number of hydrogen-bond acceptors (Lipinski definition) is 4. The fourth-order valence-electron chi connectivity index (χ4n) is 2.07. The van der Waals surface area contributed by atoms with Gasteiger partial charge in [0.15, 0.2) is 5.75 Å². The van der Waals surface area contributed by atoms with Gasteiger partial charge in [-0.3, -0.25) is 4.79 Å². The van der Waals surface area contributed by atoms with E-state index in [-0.39, 0.29) is 0 Å². The lowest BCUT2D eigenvalue weighted by Gasteiger charge is -2.06. The third-order valence-corrected chi connectivity index (χ3v) is 2.97. The van der Waals surface area contributed by atoms with Gasteiger partial charge in [0, 0.05) is 17.9 Å². The average Bonchev–Trinajstić information content (AvgIpc) is 2.84. The molecule has 0 aliphatic rings. The van der Waals surface area contributed by atoms with E-state index in [2.05, 4.69) is 0 Å². The van der Waals surface area contributed by atoms with E-state index in [1.165, 1.54) is 6.92 Å². The molecule has 20 heavy (non-hydrogen) atoms.